The third-order valence-corrected chi connectivity index (χ3v) is 2.84. The molecule has 98 valence electrons. The molecular weight excluding hydrogens is 240 g/mol. The van der Waals surface area contributed by atoms with E-state index < -0.39 is 0 Å². The number of nitrogens with zero attached hydrogens (tertiary/aromatic N) is 3. The Morgan fingerprint density at radius 2 is 2.32 bits per heavy atom. The lowest BCUT2D eigenvalue weighted by molar-refractivity contribution is 0.413. The van der Waals surface area contributed by atoms with Gasteiger partial charge in [-0.3, -0.25) is 0 Å². The number of hydrogen-bond acceptors (Lipinski definition) is 4. The summed E-state index contributed by atoms with van der Waals surface area (Å²) in [6.07, 6.45) is 4.53. The van der Waals surface area contributed by atoms with Crippen molar-refractivity contribution in [2.75, 3.05) is 13.7 Å². The minimum atomic E-state index is 0.544. The van der Waals surface area contributed by atoms with Crippen LogP contribution in [0, 0.1) is 11.3 Å². The monoisotopic (exact) mass is 256 g/mol. The molecule has 5 nitrogen and oxygen atoms in total. The smallest absolute Gasteiger partial charge is 0.136 e. The zero-order chi connectivity index (χ0) is 13.7. The number of methoxy groups -OCH3 is 1. The molecule has 0 radical (unpaired) electrons. The van der Waals surface area contributed by atoms with Crippen molar-refractivity contribution in [3.8, 4) is 11.8 Å². The molecule has 5 heteroatoms. The van der Waals surface area contributed by atoms with Crippen molar-refractivity contribution in [2.24, 2.45) is 5.73 Å². The van der Waals surface area contributed by atoms with E-state index >= 15 is 0 Å². The molecule has 1 heterocycles. The van der Waals surface area contributed by atoms with Crippen LogP contribution in [0.2, 0.25) is 0 Å². The highest BCUT2D eigenvalue weighted by Gasteiger charge is 2.05. The lowest BCUT2D eigenvalue weighted by atomic mass is 10.1. The molecule has 2 N–H and O–H groups in total. The van der Waals surface area contributed by atoms with Gasteiger partial charge in [-0.2, -0.15) is 5.26 Å². The maximum Gasteiger partial charge on any atom is 0.136 e. The molecule has 2 aromatic rings. The van der Waals surface area contributed by atoms with Gasteiger partial charge >= 0.3 is 0 Å². The van der Waals surface area contributed by atoms with Crippen molar-refractivity contribution in [1.29, 1.82) is 5.26 Å². The molecule has 0 aliphatic heterocycles. The van der Waals surface area contributed by atoms with Crippen LogP contribution in [0.3, 0.4) is 0 Å². The molecule has 0 bridgehead atoms. The van der Waals surface area contributed by atoms with Crippen LogP contribution in [0.15, 0.2) is 30.7 Å². The number of aromatic nitrogens is 2. The van der Waals surface area contributed by atoms with E-state index in [2.05, 4.69) is 11.1 Å². The molecular formula is C14H16N4O. The summed E-state index contributed by atoms with van der Waals surface area (Å²) >= 11 is 0. The second-order valence-electron chi connectivity index (χ2n) is 4.22. The Kier molecular flexibility index (Phi) is 4.16. The van der Waals surface area contributed by atoms with Gasteiger partial charge in [0.15, 0.2) is 0 Å². The predicted octanol–water partition coefficient (Wildman–Crippen LogP) is 1.31. The number of benzene rings is 1. The quantitative estimate of drug-likeness (QED) is 0.875. The van der Waals surface area contributed by atoms with E-state index in [9.17, 15) is 0 Å². The second kappa shape index (κ2) is 6.03. The van der Waals surface area contributed by atoms with Crippen LogP contribution in [0.4, 0.5) is 0 Å². The number of nitrogens with two attached hydrogens (primary N) is 1. The molecule has 0 saturated heterocycles. The van der Waals surface area contributed by atoms with Crippen molar-refractivity contribution in [1.82, 2.24) is 9.55 Å². The van der Waals surface area contributed by atoms with Crippen LogP contribution in [-0.4, -0.2) is 23.2 Å². The van der Waals surface area contributed by atoms with Gasteiger partial charge in [0.05, 0.1) is 24.7 Å². The van der Waals surface area contributed by atoms with Crippen LogP contribution in [0.25, 0.3) is 0 Å². The lowest BCUT2D eigenvalue weighted by Crippen LogP contribution is -2.03. The number of rotatable bonds is 5. The maximum atomic E-state index is 9.05. The van der Waals surface area contributed by atoms with Gasteiger partial charge in [0.2, 0.25) is 0 Å². The van der Waals surface area contributed by atoms with Gasteiger partial charge < -0.3 is 15.0 Å². The zero-order valence-corrected chi connectivity index (χ0v) is 10.8. The summed E-state index contributed by atoms with van der Waals surface area (Å²) in [7, 11) is 1.56. The molecule has 1 aromatic carbocycles. The highest BCUT2D eigenvalue weighted by atomic mass is 16.5. The standard InChI is InChI=1S/C14H16N4O/c1-19-14-3-2-11(6-12(14)7-16)8-18-9-13(4-5-15)17-10-18/h2-3,6,9-10H,4-5,8,15H2,1H3. The number of nitriles is 1. The predicted molar refractivity (Wildman–Crippen MR) is 71.8 cm³/mol. The van der Waals surface area contributed by atoms with E-state index in [0.29, 0.717) is 24.4 Å². The fraction of sp³-hybridized carbons (Fsp3) is 0.286. The summed E-state index contributed by atoms with van der Waals surface area (Å²) in [6, 6.07) is 7.72. The van der Waals surface area contributed by atoms with Crippen LogP contribution >= 0.6 is 0 Å². The maximum absolute atomic E-state index is 9.05. The molecule has 0 saturated carbocycles. The third kappa shape index (κ3) is 3.12. The Balaban J connectivity index is 2.16. The first-order valence-corrected chi connectivity index (χ1v) is 6.04. The summed E-state index contributed by atoms with van der Waals surface area (Å²) < 4.78 is 7.10. The van der Waals surface area contributed by atoms with Crippen LogP contribution in [0.5, 0.6) is 5.75 Å². The zero-order valence-electron chi connectivity index (χ0n) is 10.8. The molecule has 2 rings (SSSR count). The first-order chi connectivity index (χ1) is 9.26. The van der Waals surface area contributed by atoms with Gasteiger partial charge in [0, 0.05) is 19.2 Å². The summed E-state index contributed by atoms with van der Waals surface area (Å²) in [5.41, 5.74) is 8.06. The molecule has 19 heavy (non-hydrogen) atoms. The summed E-state index contributed by atoms with van der Waals surface area (Å²) in [6.45, 7) is 1.27. The van der Waals surface area contributed by atoms with Gasteiger partial charge in [0.1, 0.15) is 11.8 Å². The topological polar surface area (TPSA) is 76.9 Å². The van der Waals surface area contributed by atoms with E-state index in [1.807, 2.05) is 29.0 Å². The Morgan fingerprint density at radius 1 is 1.47 bits per heavy atom. The largest absolute Gasteiger partial charge is 0.495 e. The summed E-state index contributed by atoms with van der Waals surface area (Å²) in [5.74, 6) is 0.598. The van der Waals surface area contributed by atoms with Crippen LogP contribution in [0.1, 0.15) is 16.8 Å². The fourth-order valence-electron chi connectivity index (χ4n) is 1.92. The van der Waals surface area contributed by atoms with E-state index in [4.69, 9.17) is 15.7 Å². The van der Waals surface area contributed by atoms with Gasteiger partial charge in [0.25, 0.3) is 0 Å². The van der Waals surface area contributed by atoms with Crippen molar-refractivity contribution in [3.63, 3.8) is 0 Å². The van der Waals surface area contributed by atoms with E-state index in [-0.39, 0.29) is 0 Å². The van der Waals surface area contributed by atoms with Gasteiger partial charge in [-0.05, 0) is 24.2 Å². The van der Waals surface area contributed by atoms with Gasteiger partial charge in [-0.15, -0.1) is 0 Å². The number of hydrogen-bond donors (Lipinski definition) is 1. The minimum Gasteiger partial charge on any atom is -0.495 e. The Bertz CT molecular complexity index is 598. The van der Waals surface area contributed by atoms with Crippen LogP contribution in [-0.2, 0) is 13.0 Å². The molecule has 0 amide bonds. The SMILES string of the molecule is COc1ccc(Cn2cnc(CCN)c2)cc1C#N. The molecule has 0 fully saturated rings. The molecule has 0 spiro atoms. The van der Waals surface area contributed by atoms with E-state index in [1.54, 1.807) is 13.4 Å². The highest BCUT2D eigenvalue weighted by molar-refractivity contribution is 5.45. The average molecular weight is 256 g/mol. The lowest BCUT2D eigenvalue weighted by Gasteiger charge is -2.06. The summed E-state index contributed by atoms with van der Waals surface area (Å²) in [5, 5.41) is 9.05. The third-order valence-electron chi connectivity index (χ3n) is 2.84. The van der Waals surface area contributed by atoms with Crippen molar-refractivity contribution < 1.29 is 4.74 Å². The number of imidazole rings is 1. The molecule has 0 aliphatic rings. The Hall–Kier alpha value is -2.32. The second-order valence-corrected chi connectivity index (χ2v) is 4.22. The fourth-order valence-corrected chi connectivity index (χ4v) is 1.92. The van der Waals surface area contributed by atoms with Crippen molar-refractivity contribution in [3.05, 3.63) is 47.5 Å². The molecule has 1 aromatic heterocycles. The summed E-state index contributed by atoms with van der Waals surface area (Å²) in [4.78, 5) is 4.27. The van der Waals surface area contributed by atoms with Gasteiger partial charge in [-0.1, -0.05) is 6.07 Å². The molecule has 0 atom stereocenters. The average Bonchev–Trinajstić information content (AvgIpc) is 2.86. The van der Waals surface area contributed by atoms with E-state index in [1.165, 1.54) is 0 Å². The normalized spacial score (nSPS) is 10.2. The first kappa shape index (κ1) is 13.1. The van der Waals surface area contributed by atoms with E-state index in [0.717, 1.165) is 17.7 Å². The van der Waals surface area contributed by atoms with Crippen molar-refractivity contribution in [2.45, 2.75) is 13.0 Å². The first-order valence-electron chi connectivity index (χ1n) is 6.04. The Morgan fingerprint density at radius 3 is 3.00 bits per heavy atom. The highest BCUT2D eigenvalue weighted by Crippen LogP contribution is 2.19. The molecule has 0 aliphatic carbocycles. The Labute approximate surface area is 112 Å². The van der Waals surface area contributed by atoms with Gasteiger partial charge in [-0.25, -0.2) is 4.98 Å². The van der Waals surface area contributed by atoms with Crippen molar-refractivity contribution >= 4 is 0 Å². The van der Waals surface area contributed by atoms with Crippen LogP contribution < -0.4 is 10.5 Å². The molecule has 0 unspecified atom stereocenters. The minimum absolute atomic E-state index is 0.544. The number of ether oxygens (including phenoxy) is 1.